The topological polar surface area (TPSA) is 12.0 Å². The van der Waals surface area contributed by atoms with E-state index in [0.717, 1.165) is 12.0 Å². The molecular formula is C16H25NS. The lowest BCUT2D eigenvalue weighted by Gasteiger charge is -2.31. The molecule has 1 N–H and O–H groups in total. The van der Waals surface area contributed by atoms with Crippen LogP contribution in [0.2, 0.25) is 0 Å². The summed E-state index contributed by atoms with van der Waals surface area (Å²) in [6.07, 6.45) is 12.9. The van der Waals surface area contributed by atoms with E-state index in [1.807, 2.05) is 11.3 Å². The highest BCUT2D eigenvalue weighted by Gasteiger charge is 2.29. The predicted molar refractivity (Wildman–Crippen MR) is 79.0 cm³/mol. The Kier molecular flexibility index (Phi) is 4.37. The van der Waals surface area contributed by atoms with Gasteiger partial charge in [0.2, 0.25) is 0 Å². The molecule has 1 aromatic heterocycles. The van der Waals surface area contributed by atoms with Crippen LogP contribution >= 0.6 is 11.3 Å². The average Bonchev–Trinajstić information content (AvgIpc) is 3.11. The summed E-state index contributed by atoms with van der Waals surface area (Å²) < 4.78 is 0. The van der Waals surface area contributed by atoms with Crippen LogP contribution in [0.25, 0.3) is 0 Å². The molecule has 2 aliphatic rings. The summed E-state index contributed by atoms with van der Waals surface area (Å²) in [5.74, 6) is 0.894. The smallest absolute Gasteiger partial charge is 0.0445 e. The highest BCUT2D eigenvalue weighted by Crippen LogP contribution is 2.38. The average molecular weight is 263 g/mol. The van der Waals surface area contributed by atoms with Crippen molar-refractivity contribution in [3.05, 3.63) is 22.4 Å². The zero-order chi connectivity index (χ0) is 12.2. The molecule has 0 spiro atoms. The summed E-state index contributed by atoms with van der Waals surface area (Å²) in [5.41, 5.74) is 0. The molecule has 0 amide bonds. The maximum absolute atomic E-state index is 4.01. The monoisotopic (exact) mass is 263 g/mol. The Hall–Kier alpha value is -0.340. The van der Waals surface area contributed by atoms with E-state index in [1.165, 1.54) is 57.8 Å². The second-order valence-corrected chi connectivity index (χ2v) is 7.02. The second kappa shape index (κ2) is 6.21. The Labute approximate surface area is 115 Å². The lowest BCUT2D eigenvalue weighted by Crippen LogP contribution is -2.37. The van der Waals surface area contributed by atoms with Crippen molar-refractivity contribution in [2.45, 2.75) is 69.9 Å². The van der Waals surface area contributed by atoms with E-state index in [2.05, 4.69) is 22.8 Å². The van der Waals surface area contributed by atoms with E-state index in [-0.39, 0.29) is 0 Å². The molecule has 1 nitrogen and oxygen atoms in total. The van der Waals surface area contributed by atoms with Crippen LogP contribution in [0.5, 0.6) is 0 Å². The third kappa shape index (κ3) is 2.97. The SMILES string of the molecule is c1csc(C(NC2CCCCC2)C2CCCC2)c1. The minimum absolute atomic E-state index is 0.649. The van der Waals surface area contributed by atoms with Crippen molar-refractivity contribution in [3.63, 3.8) is 0 Å². The molecule has 2 saturated carbocycles. The normalized spacial score (nSPS) is 24.4. The van der Waals surface area contributed by atoms with Gasteiger partial charge in [-0.05, 0) is 43.0 Å². The maximum atomic E-state index is 4.01. The molecule has 2 heteroatoms. The van der Waals surface area contributed by atoms with Gasteiger partial charge in [0.15, 0.2) is 0 Å². The first kappa shape index (κ1) is 12.7. The van der Waals surface area contributed by atoms with Crippen LogP contribution in [0.4, 0.5) is 0 Å². The molecule has 2 fully saturated rings. The van der Waals surface area contributed by atoms with Crippen molar-refractivity contribution in [2.75, 3.05) is 0 Å². The zero-order valence-corrected chi connectivity index (χ0v) is 12.1. The quantitative estimate of drug-likeness (QED) is 0.814. The van der Waals surface area contributed by atoms with Gasteiger partial charge in [0.05, 0.1) is 0 Å². The first-order valence-electron chi connectivity index (χ1n) is 7.73. The van der Waals surface area contributed by atoms with Gasteiger partial charge in [-0.25, -0.2) is 0 Å². The fourth-order valence-corrected chi connectivity index (χ4v) is 4.61. The van der Waals surface area contributed by atoms with Crippen LogP contribution in [-0.2, 0) is 0 Å². The lowest BCUT2D eigenvalue weighted by atomic mass is 9.91. The Morgan fingerprint density at radius 2 is 1.72 bits per heavy atom. The maximum Gasteiger partial charge on any atom is 0.0445 e. The van der Waals surface area contributed by atoms with Crippen molar-refractivity contribution in [3.8, 4) is 0 Å². The molecule has 18 heavy (non-hydrogen) atoms. The van der Waals surface area contributed by atoms with E-state index in [0.29, 0.717) is 6.04 Å². The van der Waals surface area contributed by atoms with E-state index < -0.39 is 0 Å². The van der Waals surface area contributed by atoms with Gasteiger partial charge < -0.3 is 5.32 Å². The van der Waals surface area contributed by atoms with E-state index >= 15 is 0 Å². The Morgan fingerprint density at radius 3 is 2.39 bits per heavy atom. The highest BCUT2D eigenvalue weighted by molar-refractivity contribution is 7.10. The van der Waals surface area contributed by atoms with E-state index in [9.17, 15) is 0 Å². The first-order valence-corrected chi connectivity index (χ1v) is 8.61. The molecule has 1 unspecified atom stereocenters. The van der Waals surface area contributed by atoms with Gasteiger partial charge in [-0.15, -0.1) is 11.3 Å². The summed E-state index contributed by atoms with van der Waals surface area (Å²) >= 11 is 1.94. The molecule has 0 saturated heterocycles. The summed E-state index contributed by atoms with van der Waals surface area (Å²) in [6.45, 7) is 0. The summed E-state index contributed by atoms with van der Waals surface area (Å²) in [7, 11) is 0. The first-order chi connectivity index (χ1) is 8.93. The number of hydrogen-bond acceptors (Lipinski definition) is 2. The minimum atomic E-state index is 0.649. The second-order valence-electron chi connectivity index (χ2n) is 6.04. The number of nitrogens with one attached hydrogen (secondary N) is 1. The van der Waals surface area contributed by atoms with Gasteiger partial charge in [0.25, 0.3) is 0 Å². The Bertz CT molecular complexity index is 334. The van der Waals surface area contributed by atoms with Crippen molar-refractivity contribution in [2.24, 2.45) is 5.92 Å². The van der Waals surface area contributed by atoms with Crippen LogP contribution in [0.3, 0.4) is 0 Å². The number of thiophene rings is 1. The van der Waals surface area contributed by atoms with Crippen molar-refractivity contribution < 1.29 is 0 Å². The third-order valence-corrected chi connectivity index (χ3v) is 5.70. The van der Waals surface area contributed by atoms with E-state index in [1.54, 1.807) is 4.88 Å². The zero-order valence-electron chi connectivity index (χ0n) is 11.2. The summed E-state index contributed by atoms with van der Waals surface area (Å²) in [6, 6.07) is 5.98. The van der Waals surface area contributed by atoms with Crippen LogP contribution in [0.15, 0.2) is 17.5 Å². The van der Waals surface area contributed by atoms with Gasteiger partial charge in [-0.3, -0.25) is 0 Å². The number of rotatable bonds is 4. The van der Waals surface area contributed by atoms with E-state index in [4.69, 9.17) is 0 Å². The minimum Gasteiger partial charge on any atom is -0.306 e. The molecule has 3 rings (SSSR count). The lowest BCUT2D eigenvalue weighted by molar-refractivity contribution is 0.286. The van der Waals surface area contributed by atoms with Crippen LogP contribution < -0.4 is 5.32 Å². The van der Waals surface area contributed by atoms with Gasteiger partial charge >= 0.3 is 0 Å². The Balaban J connectivity index is 1.68. The molecule has 2 aliphatic carbocycles. The predicted octanol–water partition coefficient (Wildman–Crippen LogP) is 4.90. The van der Waals surface area contributed by atoms with Crippen LogP contribution in [-0.4, -0.2) is 6.04 Å². The highest BCUT2D eigenvalue weighted by atomic mass is 32.1. The van der Waals surface area contributed by atoms with Gasteiger partial charge in [-0.1, -0.05) is 38.2 Å². The third-order valence-electron chi connectivity index (χ3n) is 4.74. The standard InChI is InChI=1S/C16H25NS/c1-2-9-14(10-3-1)17-16(13-7-4-5-8-13)15-11-6-12-18-15/h6,11-14,16-17H,1-5,7-10H2. The molecule has 0 bridgehead atoms. The summed E-state index contributed by atoms with van der Waals surface area (Å²) in [5, 5.41) is 6.25. The molecule has 1 heterocycles. The molecule has 100 valence electrons. The van der Waals surface area contributed by atoms with Crippen molar-refractivity contribution >= 4 is 11.3 Å². The molecule has 1 atom stereocenters. The van der Waals surface area contributed by atoms with Crippen LogP contribution in [0.1, 0.15) is 68.7 Å². The molecule has 1 aromatic rings. The summed E-state index contributed by atoms with van der Waals surface area (Å²) in [4.78, 5) is 1.58. The molecule has 0 radical (unpaired) electrons. The molecular weight excluding hydrogens is 238 g/mol. The Morgan fingerprint density at radius 1 is 1.00 bits per heavy atom. The van der Waals surface area contributed by atoms with Crippen molar-refractivity contribution in [1.82, 2.24) is 5.32 Å². The number of hydrogen-bond donors (Lipinski definition) is 1. The molecule has 0 aromatic carbocycles. The van der Waals surface area contributed by atoms with Gasteiger partial charge in [0, 0.05) is 17.0 Å². The fourth-order valence-electron chi connectivity index (χ4n) is 3.73. The fraction of sp³-hybridized carbons (Fsp3) is 0.750. The largest absolute Gasteiger partial charge is 0.306 e. The van der Waals surface area contributed by atoms with Crippen molar-refractivity contribution in [1.29, 1.82) is 0 Å². The van der Waals surface area contributed by atoms with Gasteiger partial charge in [0.1, 0.15) is 0 Å². The van der Waals surface area contributed by atoms with Gasteiger partial charge in [-0.2, -0.15) is 0 Å². The molecule has 0 aliphatic heterocycles. The van der Waals surface area contributed by atoms with Crippen LogP contribution in [0, 0.1) is 5.92 Å².